The van der Waals surface area contributed by atoms with Crippen LogP contribution >= 0.6 is 0 Å². The molecule has 4 rings (SSSR count). The SMILES string of the molecule is Oc1cn[nH]c1C(c1ccccc1)(c1ccccc1)c1ccccc1. The lowest BCUT2D eigenvalue weighted by atomic mass is 9.67. The Morgan fingerprint density at radius 2 is 1.04 bits per heavy atom. The van der Waals surface area contributed by atoms with Crippen molar-refractivity contribution in [2.45, 2.75) is 5.41 Å². The lowest BCUT2D eigenvalue weighted by Gasteiger charge is -2.35. The average molecular weight is 326 g/mol. The summed E-state index contributed by atoms with van der Waals surface area (Å²) < 4.78 is 0. The molecule has 122 valence electrons. The Bertz CT molecular complexity index is 850. The standard InChI is InChI=1S/C22H18N2O/c25-20-16-23-24-21(20)22(17-10-4-1-5-11-17,18-12-6-2-7-13-18)19-14-8-3-9-15-19/h1-16,25H,(H,23,24). The van der Waals surface area contributed by atoms with Gasteiger partial charge in [-0.3, -0.25) is 5.10 Å². The van der Waals surface area contributed by atoms with Crippen molar-refractivity contribution >= 4 is 0 Å². The van der Waals surface area contributed by atoms with Gasteiger partial charge in [0, 0.05) is 0 Å². The Hall–Kier alpha value is -3.33. The van der Waals surface area contributed by atoms with Crippen molar-refractivity contribution in [1.29, 1.82) is 0 Å². The fourth-order valence-corrected chi connectivity index (χ4v) is 3.55. The number of rotatable bonds is 4. The number of aromatic amines is 1. The molecule has 4 aromatic rings. The second-order valence-corrected chi connectivity index (χ2v) is 5.98. The van der Waals surface area contributed by atoms with E-state index in [0.717, 1.165) is 16.7 Å². The molecule has 0 saturated carbocycles. The normalized spacial score (nSPS) is 11.4. The summed E-state index contributed by atoms with van der Waals surface area (Å²) in [4.78, 5) is 0. The molecule has 0 spiro atoms. The Balaban J connectivity index is 2.15. The first-order valence-corrected chi connectivity index (χ1v) is 8.23. The van der Waals surface area contributed by atoms with Crippen LogP contribution in [0.25, 0.3) is 0 Å². The molecule has 0 radical (unpaired) electrons. The minimum Gasteiger partial charge on any atom is -0.504 e. The molecule has 0 bridgehead atoms. The minimum absolute atomic E-state index is 0.150. The van der Waals surface area contributed by atoms with E-state index in [9.17, 15) is 5.11 Å². The number of nitrogens with one attached hydrogen (secondary N) is 1. The maximum absolute atomic E-state index is 10.6. The molecule has 3 nitrogen and oxygen atoms in total. The number of hydrogen-bond donors (Lipinski definition) is 2. The van der Waals surface area contributed by atoms with E-state index in [-0.39, 0.29) is 5.75 Å². The van der Waals surface area contributed by atoms with Crippen LogP contribution in [0.15, 0.2) is 97.2 Å². The zero-order valence-corrected chi connectivity index (χ0v) is 13.6. The van der Waals surface area contributed by atoms with Crippen molar-refractivity contribution in [1.82, 2.24) is 10.2 Å². The van der Waals surface area contributed by atoms with Crippen molar-refractivity contribution in [3.05, 3.63) is 120 Å². The van der Waals surface area contributed by atoms with Crippen LogP contribution < -0.4 is 0 Å². The molecule has 0 aliphatic heterocycles. The predicted molar refractivity (Wildman–Crippen MR) is 98.6 cm³/mol. The van der Waals surface area contributed by atoms with Gasteiger partial charge in [-0.1, -0.05) is 91.0 Å². The lowest BCUT2D eigenvalue weighted by Crippen LogP contribution is -2.31. The molecule has 0 atom stereocenters. The van der Waals surface area contributed by atoms with Crippen molar-refractivity contribution < 1.29 is 5.11 Å². The first kappa shape index (κ1) is 15.2. The van der Waals surface area contributed by atoms with E-state index in [4.69, 9.17) is 0 Å². The average Bonchev–Trinajstić information content (AvgIpc) is 3.12. The molecule has 0 fully saturated rings. The molecule has 2 N–H and O–H groups in total. The lowest BCUT2D eigenvalue weighted by molar-refractivity contribution is 0.460. The number of H-pyrrole nitrogens is 1. The second-order valence-electron chi connectivity index (χ2n) is 5.98. The number of aromatic nitrogens is 2. The Morgan fingerprint density at radius 1 is 0.640 bits per heavy atom. The van der Waals surface area contributed by atoms with E-state index < -0.39 is 5.41 Å². The molecular formula is C22H18N2O. The largest absolute Gasteiger partial charge is 0.504 e. The molecule has 25 heavy (non-hydrogen) atoms. The van der Waals surface area contributed by atoms with Crippen LogP contribution in [0.1, 0.15) is 22.4 Å². The molecule has 3 aromatic carbocycles. The molecule has 0 aliphatic rings. The third-order valence-electron chi connectivity index (χ3n) is 4.61. The summed E-state index contributed by atoms with van der Waals surface area (Å²) in [6.07, 6.45) is 1.46. The molecule has 1 heterocycles. The van der Waals surface area contributed by atoms with Crippen LogP contribution in [0.5, 0.6) is 5.75 Å². The van der Waals surface area contributed by atoms with Crippen LogP contribution in [-0.2, 0) is 5.41 Å². The first-order chi connectivity index (χ1) is 12.3. The highest BCUT2D eigenvalue weighted by atomic mass is 16.3. The van der Waals surface area contributed by atoms with Crippen molar-refractivity contribution in [2.75, 3.05) is 0 Å². The predicted octanol–water partition coefficient (Wildman–Crippen LogP) is 4.50. The van der Waals surface area contributed by atoms with Gasteiger partial charge >= 0.3 is 0 Å². The zero-order valence-electron chi connectivity index (χ0n) is 13.6. The van der Waals surface area contributed by atoms with Gasteiger partial charge in [0.05, 0.1) is 17.3 Å². The van der Waals surface area contributed by atoms with Gasteiger partial charge in [-0.15, -0.1) is 0 Å². The first-order valence-electron chi connectivity index (χ1n) is 8.23. The van der Waals surface area contributed by atoms with Gasteiger partial charge in [0.25, 0.3) is 0 Å². The van der Waals surface area contributed by atoms with Crippen LogP contribution in [-0.4, -0.2) is 15.3 Å². The number of benzene rings is 3. The summed E-state index contributed by atoms with van der Waals surface area (Å²) in [6, 6.07) is 30.6. The highest BCUT2D eigenvalue weighted by Gasteiger charge is 2.41. The smallest absolute Gasteiger partial charge is 0.158 e. The highest BCUT2D eigenvalue weighted by Crippen LogP contribution is 2.46. The summed E-state index contributed by atoms with van der Waals surface area (Å²) in [5.41, 5.74) is 3.17. The molecule has 0 aliphatic carbocycles. The summed E-state index contributed by atoms with van der Waals surface area (Å²) in [7, 11) is 0. The topological polar surface area (TPSA) is 48.9 Å². The second kappa shape index (κ2) is 6.29. The van der Waals surface area contributed by atoms with E-state index in [0.29, 0.717) is 5.69 Å². The minimum atomic E-state index is -0.676. The van der Waals surface area contributed by atoms with E-state index in [1.165, 1.54) is 6.20 Å². The van der Waals surface area contributed by atoms with Gasteiger partial charge in [0.2, 0.25) is 0 Å². The third kappa shape index (κ3) is 2.41. The Kier molecular flexibility index (Phi) is 3.82. The summed E-state index contributed by atoms with van der Waals surface area (Å²) in [5, 5.41) is 17.7. The maximum atomic E-state index is 10.6. The van der Waals surface area contributed by atoms with Crippen molar-refractivity contribution in [3.8, 4) is 5.75 Å². The van der Waals surface area contributed by atoms with Gasteiger partial charge in [-0.25, -0.2) is 0 Å². The highest BCUT2D eigenvalue weighted by molar-refractivity contribution is 5.60. The fourth-order valence-electron chi connectivity index (χ4n) is 3.55. The van der Waals surface area contributed by atoms with Crippen molar-refractivity contribution in [3.63, 3.8) is 0 Å². The van der Waals surface area contributed by atoms with Gasteiger partial charge in [0.1, 0.15) is 0 Å². The van der Waals surface area contributed by atoms with E-state index in [1.54, 1.807) is 0 Å². The zero-order chi connectivity index (χ0) is 17.1. The summed E-state index contributed by atoms with van der Waals surface area (Å²) >= 11 is 0. The van der Waals surface area contributed by atoms with Gasteiger partial charge in [-0.05, 0) is 16.7 Å². The molecule has 0 unspecified atom stereocenters. The number of hydrogen-bond acceptors (Lipinski definition) is 2. The number of aromatic hydroxyl groups is 1. The van der Waals surface area contributed by atoms with E-state index in [1.807, 2.05) is 54.6 Å². The Morgan fingerprint density at radius 3 is 1.36 bits per heavy atom. The summed E-state index contributed by atoms with van der Waals surface area (Å²) in [6.45, 7) is 0. The van der Waals surface area contributed by atoms with Crippen LogP contribution in [0.4, 0.5) is 0 Å². The third-order valence-corrected chi connectivity index (χ3v) is 4.61. The van der Waals surface area contributed by atoms with Gasteiger partial charge in [0.15, 0.2) is 5.75 Å². The maximum Gasteiger partial charge on any atom is 0.158 e. The number of nitrogens with zero attached hydrogens (tertiary/aromatic N) is 1. The molecule has 3 heteroatoms. The quantitative estimate of drug-likeness (QED) is 0.543. The molecule has 0 saturated heterocycles. The monoisotopic (exact) mass is 326 g/mol. The molecular weight excluding hydrogens is 308 g/mol. The van der Waals surface area contributed by atoms with Crippen LogP contribution in [0.3, 0.4) is 0 Å². The fraction of sp³-hybridized carbons (Fsp3) is 0.0455. The van der Waals surface area contributed by atoms with Crippen LogP contribution in [0.2, 0.25) is 0 Å². The van der Waals surface area contributed by atoms with Gasteiger partial charge < -0.3 is 5.11 Å². The van der Waals surface area contributed by atoms with Gasteiger partial charge in [-0.2, -0.15) is 5.10 Å². The van der Waals surface area contributed by atoms with E-state index in [2.05, 4.69) is 46.6 Å². The molecule has 1 aromatic heterocycles. The van der Waals surface area contributed by atoms with Crippen LogP contribution in [0, 0.1) is 0 Å². The van der Waals surface area contributed by atoms with Crippen molar-refractivity contribution in [2.24, 2.45) is 0 Å². The Labute approximate surface area is 146 Å². The summed E-state index contributed by atoms with van der Waals surface area (Å²) in [5.74, 6) is 0.150. The molecule has 0 amide bonds. The van der Waals surface area contributed by atoms with E-state index >= 15 is 0 Å².